The predicted octanol–water partition coefficient (Wildman–Crippen LogP) is 3.13. The van der Waals surface area contributed by atoms with E-state index >= 15 is 0 Å². The van der Waals surface area contributed by atoms with Gasteiger partial charge in [-0.25, -0.2) is 0 Å². The first-order chi connectivity index (χ1) is 15.5. The Morgan fingerprint density at radius 3 is 2.44 bits per heavy atom. The van der Waals surface area contributed by atoms with Crippen molar-refractivity contribution in [1.29, 1.82) is 5.26 Å². The molecule has 8 heteroatoms. The Balaban J connectivity index is 1.64. The predicted molar refractivity (Wildman–Crippen MR) is 121 cm³/mol. The Kier molecular flexibility index (Phi) is 5.81. The van der Waals surface area contributed by atoms with Gasteiger partial charge < -0.3 is 9.88 Å². The van der Waals surface area contributed by atoms with E-state index in [0.29, 0.717) is 29.4 Å². The molecule has 4 aromatic rings. The summed E-state index contributed by atoms with van der Waals surface area (Å²) in [6.45, 7) is 3.82. The molecule has 0 fully saturated rings. The highest BCUT2D eigenvalue weighted by molar-refractivity contribution is 5.90. The monoisotopic (exact) mass is 426 g/mol. The van der Waals surface area contributed by atoms with Crippen LogP contribution in [0.3, 0.4) is 0 Å². The fraction of sp³-hybridized carbons (Fsp3) is 0.208. The molecule has 2 aromatic heterocycles. The second-order valence-electron chi connectivity index (χ2n) is 7.49. The van der Waals surface area contributed by atoms with Crippen LogP contribution >= 0.6 is 0 Å². The van der Waals surface area contributed by atoms with E-state index in [1.165, 1.54) is 16.1 Å². The zero-order valence-electron chi connectivity index (χ0n) is 17.9. The van der Waals surface area contributed by atoms with Crippen LogP contribution in [-0.2, 0) is 24.2 Å². The molecule has 0 unspecified atom stereocenters. The number of nitriles is 1. The summed E-state index contributed by atoms with van der Waals surface area (Å²) < 4.78 is 2.87. The summed E-state index contributed by atoms with van der Waals surface area (Å²) in [5.41, 5.74) is 3.81. The summed E-state index contributed by atoms with van der Waals surface area (Å²) in [5.74, 6) is 0.441. The molecule has 1 N–H and O–H groups in total. The van der Waals surface area contributed by atoms with Gasteiger partial charge in [-0.05, 0) is 36.6 Å². The van der Waals surface area contributed by atoms with Gasteiger partial charge in [0.25, 0.3) is 5.56 Å². The van der Waals surface area contributed by atoms with Crippen LogP contribution in [0.15, 0.2) is 59.4 Å². The molecule has 0 atom stereocenters. The van der Waals surface area contributed by atoms with Gasteiger partial charge in [0.05, 0.1) is 12.5 Å². The molecule has 0 aliphatic rings. The number of rotatable bonds is 6. The van der Waals surface area contributed by atoms with E-state index in [-0.39, 0.29) is 18.0 Å². The number of aryl methyl sites for hydroxylation is 2. The minimum atomic E-state index is -0.316. The third-order valence-corrected chi connectivity index (χ3v) is 5.24. The van der Waals surface area contributed by atoms with Crippen LogP contribution in [0.2, 0.25) is 0 Å². The summed E-state index contributed by atoms with van der Waals surface area (Å²) in [6, 6.07) is 18.5. The lowest BCUT2D eigenvalue weighted by molar-refractivity contribution is -0.116. The lowest BCUT2D eigenvalue weighted by atomic mass is 10.1. The first-order valence-electron chi connectivity index (χ1n) is 10.3. The quantitative estimate of drug-likeness (QED) is 0.510. The highest BCUT2D eigenvalue weighted by Gasteiger charge is 2.16. The van der Waals surface area contributed by atoms with Crippen molar-refractivity contribution in [3.8, 4) is 17.5 Å². The molecule has 2 aromatic carbocycles. The van der Waals surface area contributed by atoms with Crippen LogP contribution < -0.4 is 10.9 Å². The van der Waals surface area contributed by atoms with Crippen molar-refractivity contribution in [2.24, 2.45) is 0 Å². The topological polar surface area (TPSA) is 105 Å². The van der Waals surface area contributed by atoms with Gasteiger partial charge in [0.15, 0.2) is 5.82 Å². The second kappa shape index (κ2) is 8.86. The zero-order chi connectivity index (χ0) is 22.7. The van der Waals surface area contributed by atoms with Gasteiger partial charge in [0.2, 0.25) is 11.7 Å². The Labute approximate surface area is 184 Å². The fourth-order valence-corrected chi connectivity index (χ4v) is 3.45. The Bertz CT molecular complexity index is 1380. The van der Waals surface area contributed by atoms with Gasteiger partial charge in [-0.15, -0.1) is 5.10 Å². The average molecular weight is 426 g/mol. The molecule has 4 rings (SSSR count). The van der Waals surface area contributed by atoms with Crippen molar-refractivity contribution in [2.75, 3.05) is 5.32 Å². The number of amides is 1. The number of carbonyl (C=O) groups is 1. The van der Waals surface area contributed by atoms with Crippen molar-refractivity contribution >= 4 is 17.4 Å². The van der Waals surface area contributed by atoms with Crippen molar-refractivity contribution in [1.82, 2.24) is 19.2 Å². The summed E-state index contributed by atoms with van der Waals surface area (Å²) in [4.78, 5) is 29.7. The van der Waals surface area contributed by atoms with Crippen LogP contribution in [0.25, 0.3) is 17.2 Å². The molecule has 2 heterocycles. The Hall–Kier alpha value is -4.25. The van der Waals surface area contributed by atoms with Crippen LogP contribution in [0.1, 0.15) is 23.7 Å². The van der Waals surface area contributed by atoms with E-state index in [4.69, 9.17) is 5.26 Å². The van der Waals surface area contributed by atoms with Gasteiger partial charge in [0, 0.05) is 23.0 Å². The molecule has 0 bridgehead atoms. The van der Waals surface area contributed by atoms with Crippen molar-refractivity contribution < 1.29 is 4.79 Å². The molecule has 8 nitrogen and oxygen atoms in total. The molecule has 160 valence electrons. The maximum atomic E-state index is 12.7. The minimum Gasteiger partial charge on any atom is -0.325 e. The highest BCUT2D eigenvalue weighted by Crippen LogP contribution is 2.18. The number of hydrogen-bond donors (Lipinski definition) is 1. The van der Waals surface area contributed by atoms with Crippen LogP contribution in [0.5, 0.6) is 0 Å². The maximum Gasteiger partial charge on any atom is 0.275 e. The smallest absolute Gasteiger partial charge is 0.275 e. The molecule has 0 aliphatic heterocycles. The van der Waals surface area contributed by atoms with Gasteiger partial charge in [-0.1, -0.05) is 43.3 Å². The number of aromatic nitrogens is 4. The molecule has 0 saturated carbocycles. The third-order valence-electron chi connectivity index (χ3n) is 5.24. The largest absolute Gasteiger partial charge is 0.325 e. The van der Waals surface area contributed by atoms with Gasteiger partial charge in [0.1, 0.15) is 6.54 Å². The number of carbonyl (C=O) groups excluding carboxylic acids is 1. The summed E-state index contributed by atoms with van der Waals surface area (Å²) >= 11 is 0. The molecule has 0 aliphatic carbocycles. The molecule has 1 amide bonds. The lowest BCUT2D eigenvalue weighted by Gasteiger charge is -2.12. The van der Waals surface area contributed by atoms with Gasteiger partial charge in [-0.3, -0.25) is 9.59 Å². The summed E-state index contributed by atoms with van der Waals surface area (Å²) in [6.07, 6.45) is 1.25. The number of anilines is 1. The van der Waals surface area contributed by atoms with E-state index in [0.717, 1.165) is 17.5 Å². The summed E-state index contributed by atoms with van der Waals surface area (Å²) in [5, 5.41) is 16.1. The first kappa shape index (κ1) is 21.0. The number of hydrogen-bond acceptors (Lipinski definition) is 5. The van der Waals surface area contributed by atoms with Gasteiger partial charge >= 0.3 is 0 Å². The highest BCUT2D eigenvalue weighted by atomic mass is 16.2. The third kappa shape index (κ3) is 4.27. The van der Waals surface area contributed by atoms with Crippen molar-refractivity contribution in [3.05, 3.63) is 81.8 Å². The van der Waals surface area contributed by atoms with Gasteiger partial charge in [-0.2, -0.15) is 14.8 Å². The van der Waals surface area contributed by atoms with Crippen LogP contribution in [0, 0.1) is 18.3 Å². The second-order valence-corrected chi connectivity index (χ2v) is 7.49. The van der Waals surface area contributed by atoms with E-state index in [1.807, 2.05) is 48.5 Å². The van der Waals surface area contributed by atoms with Crippen molar-refractivity contribution in [3.63, 3.8) is 0 Å². The Morgan fingerprint density at radius 1 is 1.09 bits per heavy atom. The average Bonchev–Trinajstić information content (AvgIpc) is 3.24. The number of fused-ring (bicyclic) bond motifs is 1. The normalized spacial score (nSPS) is 10.8. The van der Waals surface area contributed by atoms with Crippen LogP contribution in [0.4, 0.5) is 5.69 Å². The molecule has 32 heavy (non-hydrogen) atoms. The molecule has 0 spiro atoms. The van der Waals surface area contributed by atoms with Crippen molar-refractivity contribution in [2.45, 2.75) is 33.2 Å². The zero-order valence-corrected chi connectivity index (χ0v) is 17.9. The standard InChI is InChI=1S/C24H22N6O2/c1-3-17-6-10-20(11-7-17)26-21(31)15-29-16(2)14-22(32)30-24(29)27-23(28-30)19-8-4-18(5-9-19)12-13-25/h4-11,14H,3,12,15H2,1-2H3,(H,26,31). The summed E-state index contributed by atoms with van der Waals surface area (Å²) in [7, 11) is 0. The number of nitrogens with zero attached hydrogens (tertiary/aromatic N) is 5. The van der Waals surface area contributed by atoms with E-state index in [9.17, 15) is 9.59 Å². The molecule has 0 saturated heterocycles. The maximum absolute atomic E-state index is 12.7. The van der Waals surface area contributed by atoms with E-state index in [2.05, 4.69) is 28.4 Å². The number of benzene rings is 2. The fourth-order valence-electron chi connectivity index (χ4n) is 3.45. The van der Waals surface area contributed by atoms with E-state index < -0.39 is 0 Å². The molecular weight excluding hydrogens is 404 g/mol. The molecular formula is C24H22N6O2. The van der Waals surface area contributed by atoms with E-state index in [1.54, 1.807) is 11.5 Å². The Morgan fingerprint density at radius 2 is 1.78 bits per heavy atom. The van der Waals surface area contributed by atoms with Crippen LogP contribution in [-0.4, -0.2) is 25.1 Å². The first-order valence-corrected chi connectivity index (χ1v) is 10.3. The SMILES string of the molecule is CCc1ccc(NC(=O)Cn2c(C)cc(=O)n3nc(-c4ccc(CC#N)cc4)nc23)cc1. The number of nitrogens with one attached hydrogen (secondary N) is 1. The lowest BCUT2D eigenvalue weighted by Crippen LogP contribution is -2.25. The minimum absolute atomic E-state index is 0.00954. The molecule has 0 radical (unpaired) electrons.